The van der Waals surface area contributed by atoms with Gasteiger partial charge >= 0.3 is 0 Å². The summed E-state index contributed by atoms with van der Waals surface area (Å²) in [6.45, 7) is 11.6. The van der Waals surface area contributed by atoms with Crippen LogP contribution in [0.4, 0.5) is 0 Å². The second-order valence-corrected chi connectivity index (χ2v) is 10.0. The first-order chi connectivity index (χ1) is 6.81. The van der Waals surface area contributed by atoms with Gasteiger partial charge in [0.25, 0.3) is 0 Å². The van der Waals surface area contributed by atoms with Gasteiger partial charge in [0.2, 0.25) is 0 Å². The number of alkyl halides is 1. The minimum absolute atomic E-state index is 0.251. The zero-order valence-electron chi connectivity index (χ0n) is 10.4. The van der Waals surface area contributed by atoms with E-state index in [1.54, 1.807) is 6.08 Å². The van der Waals surface area contributed by atoms with Crippen LogP contribution in [0.5, 0.6) is 0 Å². The molecule has 1 nitrogen and oxygen atoms in total. The van der Waals surface area contributed by atoms with Crippen molar-refractivity contribution in [3.8, 4) is 11.8 Å². The van der Waals surface area contributed by atoms with Crippen molar-refractivity contribution in [1.29, 1.82) is 0 Å². The van der Waals surface area contributed by atoms with E-state index in [4.69, 9.17) is 16.0 Å². The maximum Gasteiger partial charge on any atom is 0.193 e. The van der Waals surface area contributed by atoms with Crippen LogP contribution in [0.1, 0.15) is 20.8 Å². The molecule has 0 rings (SSSR count). The number of hydrogen-bond donors (Lipinski definition) is 0. The van der Waals surface area contributed by atoms with E-state index >= 15 is 0 Å². The number of hydrogen-bond acceptors (Lipinski definition) is 1. The minimum atomic E-state index is -1.63. The van der Waals surface area contributed by atoms with E-state index < -0.39 is 8.32 Å². The molecule has 86 valence electrons. The molecule has 0 amide bonds. The van der Waals surface area contributed by atoms with Crippen LogP contribution in [-0.4, -0.2) is 20.8 Å². The Labute approximate surface area is 100.0 Å². The Morgan fingerprint density at radius 2 is 1.93 bits per heavy atom. The molecule has 0 saturated heterocycles. The highest BCUT2D eigenvalue weighted by atomic mass is 35.5. The molecule has 0 aliphatic carbocycles. The molecule has 15 heavy (non-hydrogen) atoms. The van der Waals surface area contributed by atoms with Gasteiger partial charge in [-0.2, -0.15) is 0 Å². The van der Waals surface area contributed by atoms with E-state index in [0.29, 0.717) is 12.5 Å². The molecule has 0 saturated carbocycles. The van der Waals surface area contributed by atoms with Gasteiger partial charge in [0, 0.05) is 5.88 Å². The van der Waals surface area contributed by atoms with Crippen molar-refractivity contribution in [2.75, 3.05) is 12.5 Å². The van der Waals surface area contributed by atoms with Crippen LogP contribution in [0.15, 0.2) is 12.2 Å². The lowest BCUT2D eigenvalue weighted by molar-refractivity contribution is 0.334. The molecule has 3 heteroatoms. The van der Waals surface area contributed by atoms with Crippen molar-refractivity contribution in [1.82, 2.24) is 0 Å². The molecule has 0 atom stereocenters. The molecule has 0 unspecified atom stereocenters. The quantitative estimate of drug-likeness (QED) is 0.417. The Morgan fingerprint density at radius 1 is 1.33 bits per heavy atom. The summed E-state index contributed by atoms with van der Waals surface area (Å²) in [4.78, 5) is 0. The summed E-state index contributed by atoms with van der Waals surface area (Å²) < 4.78 is 5.87. The molecule has 0 aromatic rings. The van der Waals surface area contributed by atoms with Crippen LogP contribution >= 0.6 is 11.6 Å². The van der Waals surface area contributed by atoms with Crippen LogP contribution in [0, 0.1) is 11.8 Å². The molecule has 0 N–H and O–H groups in total. The summed E-state index contributed by atoms with van der Waals surface area (Å²) in [5.41, 5.74) is 0. The third-order valence-corrected chi connectivity index (χ3v) is 7.36. The van der Waals surface area contributed by atoms with Crippen molar-refractivity contribution in [3.05, 3.63) is 12.2 Å². The molecule has 0 aliphatic heterocycles. The number of allylic oxidation sites excluding steroid dienone is 2. The Hall–Kier alpha value is -0.233. The van der Waals surface area contributed by atoms with E-state index in [2.05, 4.69) is 45.7 Å². The molecule has 0 spiro atoms. The summed E-state index contributed by atoms with van der Waals surface area (Å²) >= 11 is 5.47. The number of rotatable bonds is 3. The van der Waals surface area contributed by atoms with E-state index in [9.17, 15) is 0 Å². The third-order valence-electron chi connectivity index (χ3n) is 2.70. The SMILES string of the molecule is CC(C)(C)[Si](C)(C)OCC#C/C=C/CCl. The second-order valence-electron chi connectivity index (χ2n) is 4.93. The van der Waals surface area contributed by atoms with Crippen molar-refractivity contribution in [2.24, 2.45) is 0 Å². The Bertz CT molecular complexity index is 266. The topological polar surface area (TPSA) is 9.23 Å². The first kappa shape index (κ1) is 14.8. The van der Waals surface area contributed by atoms with Crippen LogP contribution in [0.25, 0.3) is 0 Å². The van der Waals surface area contributed by atoms with Crippen molar-refractivity contribution in [3.63, 3.8) is 0 Å². The molecule has 0 aromatic carbocycles. The normalized spacial score (nSPS) is 12.7. The summed E-state index contributed by atoms with van der Waals surface area (Å²) in [6, 6.07) is 0. The predicted octanol–water partition coefficient (Wildman–Crippen LogP) is 3.81. The fraction of sp³-hybridized carbons (Fsp3) is 0.667. The fourth-order valence-electron chi connectivity index (χ4n) is 0.637. The summed E-state index contributed by atoms with van der Waals surface area (Å²) in [5, 5.41) is 0.251. The van der Waals surface area contributed by atoms with E-state index in [1.807, 2.05) is 6.08 Å². The van der Waals surface area contributed by atoms with Gasteiger partial charge in [0.1, 0.15) is 0 Å². The highest BCUT2D eigenvalue weighted by molar-refractivity contribution is 6.74. The first-order valence-electron chi connectivity index (χ1n) is 5.14. The minimum Gasteiger partial charge on any atom is -0.406 e. The molecule has 0 aliphatic rings. The van der Waals surface area contributed by atoms with Gasteiger partial charge in [0.05, 0.1) is 6.61 Å². The summed E-state index contributed by atoms with van der Waals surface area (Å²) in [6.07, 6.45) is 3.59. The predicted molar refractivity (Wildman–Crippen MR) is 70.8 cm³/mol. The average Bonchev–Trinajstić information content (AvgIpc) is 2.09. The second kappa shape index (κ2) is 6.37. The summed E-state index contributed by atoms with van der Waals surface area (Å²) in [7, 11) is -1.63. The summed E-state index contributed by atoms with van der Waals surface area (Å²) in [5.74, 6) is 6.37. The van der Waals surface area contributed by atoms with Crippen LogP contribution in [-0.2, 0) is 4.43 Å². The lowest BCUT2D eigenvalue weighted by Gasteiger charge is -2.35. The Kier molecular flexibility index (Phi) is 6.27. The van der Waals surface area contributed by atoms with Crippen LogP contribution < -0.4 is 0 Å². The standard InChI is InChI=1S/C12H21ClOSi/c1-12(2,3)15(4,5)14-11-9-7-6-8-10-13/h6,8H,10-11H2,1-5H3/b8-6+. The van der Waals surface area contributed by atoms with Gasteiger partial charge in [-0.1, -0.05) is 38.7 Å². The lowest BCUT2D eigenvalue weighted by atomic mass is 10.2. The van der Waals surface area contributed by atoms with E-state index in [0.717, 1.165) is 0 Å². The zero-order valence-corrected chi connectivity index (χ0v) is 12.1. The zero-order chi connectivity index (χ0) is 11.9. The van der Waals surface area contributed by atoms with Gasteiger partial charge in [0.15, 0.2) is 8.32 Å². The van der Waals surface area contributed by atoms with Gasteiger partial charge in [-0.15, -0.1) is 11.6 Å². The van der Waals surface area contributed by atoms with Crippen molar-refractivity contribution < 1.29 is 4.43 Å². The average molecular weight is 245 g/mol. The van der Waals surface area contributed by atoms with Gasteiger partial charge in [-0.05, 0) is 24.2 Å². The molecular formula is C12H21ClOSi. The smallest absolute Gasteiger partial charge is 0.193 e. The van der Waals surface area contributed by atoms with Crippen LogP contribution in [0.3, 0.4) is 0 Å². The third kappa shape index (κ3) is 6.04. The molecule has 0 aromatic heterocycles. The first-order valence-corrected chi connectivity index (χ1v) is 8.59. The maximum atomic E-state index is 5.87. The molecule has 0 radical (unpaired) electrons. The maximum absolute atomic E-state index is 5.87. The van der Waals surface area contributed by atoms with E-state index in [1.165, 1.54) is 0 Å². The monoisotopic (exact) mass is 244 g/mol. The van der Waals surface area contributed by atoms with Gasteiger partial charge in [-0.3, -0.25) is 0 Å². The molecule has 0 fully saturated rings. The lowest BCUT2D eigenvalue weighted by Crippen LogP contribution is -2.40. The largest absolute Gasteiger partial charge is 0.406 e. The van der Waals surface area contributed by atoms with Gasteiger partial charge in [-0.25, -0.2) is 0 Å². The van der Waals surface area contributed by atoms with Crippen LogP contribution in [0.2, 0.25) is 18.1 Å². The highest BCUT2D eigenvalue weighted by Crippen LogP contribution is 2.36. The Morgan fingerprint density at radius 3 is 2.40 bits per heavy atom. The fourth-order valence-corrected chi connectivity index (χ4v) is 1.59. The van der Waals surface area contributed by atoms with Crippen molar-refractivity contribution in [2.45, 2.75) is 38.9 Å². The van der Waals surface area contributed by atoms with E-state index in [-0.39, 0.29) is 5.04 Å². The van der Waals surface area contributed by atoms with Gasteiger partial charge < -0.3 is 4.43 Å². The molecule has 0 heterocycles. The molecule has 0 bridgehead atoms. The number of halogens is 1. The van der Waals surface area contributed by atoms with Crippen molar-refractivity contribution >= 4 is 19.9 Å². The Balaban J connectivity index is 4.04. The molecular weight excluding hydrogens is 224 g/mol. The highest BCUT2D eigenvalue weighted by Gasteiger charge is 2.36.